The highest BCUT2D eigenvalue weighted by atomic mass is 32.1. The summed E-state index contributed by atoms with van der Waals surface area (Å²) in [5.41, 5.74) is 1.07. The van der Waals surface area contributed by atoms with Gasteiger partial charge in [-0.25, -0.2) is 0 Å². The van der Waals surface area contributed by atoms with Gasteiger partial charge in [0, 0.05) is 4.88 Å². The summed E-state index contributed by atoms with van der Waals surface area (Å²) in [6, 6.07) is 14.0. The van der Waals surface area contributed by atoms with Gasteiger partial charge in [-0.1, -0.05) is 50.2 Å². The fraction of sp³-hybridized carbons (Fsp3) is 0.389. The number of rotatable bonds is 7. The van der Waals surface area contributed by atoms with Crippen molar-refractivity contribution in [3.63, 3.8) is 0 Å². The molecule has 1 N–H and O–H groups in total. The largest absolute Gasteiger partial charge is 0.364 e. The van der Waals surface area contributed by atoms with Crippen LogP contribution in [-0.2, 0) is 16.1 Å². The summed E-state index contributed by atoms with van der Waals surface area (Å²) < 4.78 is 5.68. The van der Waals surface area contributed by atoms with E-state index in [4.69, 9.17) is 4.74 Å². The van der Waals surface area contributed by atoms with Crippen molar-refractivity contribution < 1.29 is 9.53 Å². The quantitative estimate of drug-likeness (QED) is 0.832. The fourth-order valence-electron chi connectivity index (χ4n) is 2.18. The first-order valence-electron chi connectivity index (χ1n) is 7.57. The van der Waals surface area contributed by atoms with Crippen molar-refractivity contribution in [1.82, 2.24) is 5.32 Å². The second-order valence-corrected chi connectivity index (χ2v) is 6.66. The lowest BCUT2D eigenvalue weighted by atomic mass is 10.0. The third-order valence-electron chi connectivity index (χ3n) is 3.53. The molecular weight excluding hydrogens is 294 g/mol. The molecule has 1 aromatic heterocycles. The van der Waals surface area contributed by atoms with Crippen molar-refractivity contribution >= 4 is 17.2 Å². The highest BCUT2D eigenvalue weighted by Gasteiger charge is 2.22. The first kappa shape index (κ1) is 16.7. The molecule has 0 aliphatic carbocycles. The second-order valence-electron chi connectivity index (χ2n) is 5.68. The molecule has 1 aromatic carbocycles. The summed E-state index contributed by atoms with van der Waals surface area (Å²) in [7, 11) is 0. The molecule has 0 saturated heterocycles. The van der Waals surface area contributed by atoms with Gasteiger partial charge in [0.15, 0.2) is 0 Å². The van der Waals surface area contributed by atoms with Crippen LogP contribution in [0.15, 0.2) is 47.8 Å². The minimum absolute atomic E-state index is 0.0373. The number of ether oxygens (including phenoxy) is 1. The molecule has 0 aliphatic heterocycles. The molecule has 2 aromatic rings. The van der Waals surface area contributed by atoms with Crippen LogP contribution < -0.4 is 5.32 Å². The van der Waals surface area contributed by atoms with E-state index in [-0.39, 0.29) is 11.9 Å². The minimum atomic E-state index is -0.471. The average Bonchev–Trinajstić information content (AvgIpc) is 3.04. The maximum atomic E-state index is 12.3. The maximum absolute atomic E-state index is 12.3. The van der Waals surface area contributed by atoms with E-state index in [1.165, 1.54) is 4.88 Å². The average molecular weight is 317 g/mol. The summed E-state index contributed by atoms with van der Waals surface area (Å²) in [5, 5.41) is 5.14. The lowest BCUT2D eigenvalue weighted by Gasteiger charge is -2.23. The first-order valence-corrected chi connectivity index (χ1v) is 8.45. The molecule has 22 heavy (non-hydrogen) atoms. The predicted molar refractivity (Wildman–Crippen MR) is 90.7 cm³/mol. The van der Waals surface area contributed by atoms with Gasteiger partial charge in [0.2, 0.25) is 5.91 Å². The van der Waals surface area contributed by atoms with Crippen molar-refractivity contribution in [2.24, 2.45) is 5.92 Å². The molecule has 1 amide bonds. The van der Waals surface area contributed by atoms with E-state index in [1.807, 2.05) is 41.8 Å². The van der Waals surface area contributed by atoms with E-state index in [2.05, 4.69) is 25.2 Å². The van der Waals surface area contributed by atoms with E-state index in [1.54, 1.807) is 18.3 Å². The maximum Gasteiger partial charge on any atom is 0.249 e. The second kappa shape index (κ2) is 8.11. The van der Waals surface area contributed by atoms with Crippen molar-refractivity contribution in [1.29, 1.82) is 0 Å². The Morgan fingerprint density at radius 3 is 2.45 bits per heavy atom. The lowest BCUT2D eigenvalue weighted by Crippen LogP contribution is -2.38. The number of hydrogen-bond acceptors (Lipinski definition) is 3. The molecule has 0 fully saturated rings. The van der Waals surface area contributed by atoms with Crippen LogP contribution in [-0.4, -0.2) is 12.0 Å². The van der Waals surface area contributed by atoms with Crippen LogP contribution >= 0.6 is 11.3 Å². The van der Waals surface area contributed by atoms with E-state index < -0.39 is 6.10 Å². The number of hydrogen-bond donors (Lipinski definition) is 1. The third kappa shape index (κ3) is 4.68. The lowest BCUT2D eigenvalue weighted by molar-refractivity contribution is -0.133. The van der Waals surface area contributed by atoms with Gasteiger partial charge in [0.25, 0.3) is 0 Å². The fourth-order valence-corrected chi connectivity index (χ4v) is 3.13. The molecule has 0 spiro atoms. The standard InChI is InChI=1S/C18H23NO2S/c1-13(2)17(16-10-7-11-22-16)19-18(20)14(3)21-12-15-8-5-4-6-9-15/h4-11,13-14,17H,12H2,1-3H3,(H,19,20)/t14-,17-/m0/s1. The Morgan fingerprint density at radius 2 is 1.86 bits per heavy atom. The summed E-state index contributed by atoms with van der Waals surface area (Å²) in [5.74, 6) is 0.270. The number of nitrogens with one attached hydrogen (secondary N) is 1. The highest BCUT2D eigenvalue weighted by molar-refractivity contribution is 7.10. The Labute approximate surface area is 136 Å². The zero-order valence-electron chi connectivity index (χ0n) is 13.3. The topological polar surface area (TPSA) is 38.3 Å². The van der Waals surface area contributed by atoms with Gasteiger partial charge in [-0.2, -0.15) is 0 Å². The molecule has 0 saturated carbocycles. The summed E-state index contributed by atoms with van der Waals surface area (Å²) in [6.45, 7) is 6.46. The number of carbonyl (C=O) groups excluding carboxylic acids is 1. The smallest absolute Gasteiger partial charge is 0.249 e. The molecule has 3 nitrogen and oxygen atoms in total. The van der Waals surface area contributed by atoms with Gasteiger partial charge in [-0.15, -0.1) is 11.3 Å². The molecule has 4 heteroatoms. The first-order chi connectivity index (χ1) is 10.6. The zero-order chi connectivity index (χ0) is 15.9. The Hall–Kier alpha value is -1.65. The van der Waals surface area contributed by atoms with E-state index in [0.29, 0.717) is 12.5 Å². The Morgan fingerprint density at radius 1 is 1.14 bits per heavy atom. The number of benzene rings is 1. The molecule has 0 unspecified atom stereocenters. The summed E-state index contributed by atoms with van der Waals surface area (Å²) >= 11 is 1.67. The van der Waals surface area contributed by atoms with Crippen LogP contribution in [0.2, 0.25) is 0 Å². The van der Waals surface area contributed by atoms with Crippen molar-refractivity contribution in [3.05, 3.63) is 58.3 Å². The molecule has 2 atom stereocenters. The number of thiophene rings is 1. The number of carbonyl (C=O) groups is 1. The number of amides is 1. The summed E-state index contributed by atoms with van der Waals surface area (Å²) in [6.07, 6.45) is -0.471. The molecular formula is C18H23NO2S. The van der Waals surface area contributed by atoms with E-state index in [0.717, 1.165) is 5.56 Å². The third-order valence-corrected chi connectivity index (χ3v) is 4.48. The van der Waals surface area contributed by atoms with Gasteiger partial charge in [0.05, 0.1) is 12.6 Å². The highest BCUT2D eigenvalue weighted by Crippen LogP contribution is 2.25. The van der Waals surface area contributed by atoms with Gasteiger partial charge < -0.3 is 10.1 Å². The van der Waals surface area contributed by atoms with E-state index >= 15 is 0 Å². The Kier molecular flexibility index (Phi) is 6.16. The Bertz CT molecular complexity index is 566. The normalized spacial score (nSPS) is 13.8. The van der Waals surface area contributed by atoms with Crippen LogP contribution in [0.4, 0.5) is 0 Å². The molecule has 0 aliphatic rings. The van der Waals surface area contributed by atoms with Crippen LogP contribution in [0.5, 0.6) is 0 Å². The van der Waals surface area contributed by atoms with Gasteiger partial charge in [0.1, 0.15) is 6.10 Å². The SMILES string of the molecule is CC(C)[C@H](NC(=O)[C@H](C)OCc1ccccc1)c1cccs1. The predicted octanol–water partition coefficient (Wildman–Crippen LogP) is 4.17. The van der Waals surface area contributed by atoms with Gasteiger partial charge in [-0.05, 0) is 29.9 Å². The van der Waals surface area contributed by atoms with Crippen LogP contribution in [0.3, 0.4) is 0 Å². The molecule has 1 heterocycles. The van der Waals surface area contributed by atoms with Gasteiger partial charge >= 0.3 is 0 Å². The Balaban J connectivity index is 1.89. The molecule has 0 bridgehead atoms. The van der Waals surface area contributed by atoms with Crippen LogP contribution in [0.1, 0.15) is 37.3 Å². The zero-order valence-corrected chi connectivity index (χ0v) is 14.1. The van der Waals surface area contributed by atoms with Gasteiger partial charge in [-0.3, -0.25) is 4.79 Å². The van der Waals surface area contributed by atoms with E-state index in [9.17, 15) is 4.79 Å². The minimum Gasteiger partial charge on any atom is -0.364 e. The molecule has 118 valence electrons. The molecule has 0 radical (unpaired) electrons. The van der Waals surface area contributed by atoms with Crippen molar-refractivity contribution in [2.45, 2.75) is 39.5 Å². The molecule has 2 rings (SSSR count). The summed E-state index contributed by atoms with van der Waals surface area (Å²) in [4.78, 5) is 13.5. The van der Waals surface area contributed by atoms with Crippen LogP contribution in [0, 0.1) is 5.92 Å². The van der Waals surface area contributed by atoms with Crippen molar-refractivity contribution in [2.75, 3.05) is 0 Å². The van der Waals surface area contributed by atoms with Crippen LogP contribution in [0.25, 0.3) is 0 Å². The van der Waals surface area contributed by atoms with Crippen molar-refractivity contribution in [3.8, 4) is 0 Å². The monoisotopic (exact) mass is 317 g/mol.